The third kappa shape index (κ3) is 1.13. The van der Waals surface area contributed by atoms with Gasteiger partial charge >= 0.3 is 0 Å². The minimum Gasteiger partial charge on any atom is -0.495 e. The maximum absolute atomic E-state index is 6.10. The van der Waals surface area contributed by atoms with Crippen LogP contribution in [-0.2, 0) is 6.42 Å². The van der Waals surface area contributed by atoms with Crippen LogP contribution >= 0.6 is 0 Å². The predicted octanol–water partition coefficient (Wildman–Crippen LogP) is 2.85. The van der Waals surface area contributed by atoms with Gasteiger partial charge in [0.05, 0.1) is 12.8 Å². The molecule has 1 aliphatic carbocycles. The van der Waals surface area contributed by atoms with Gasteiger partial charge in [0.15, 0.2) is 0 Å². The van der Waals surface area contributed by atoms with E-state index in [1.54, 1.807) is 7.11 Å². The second-order valence-corrected chi connectivity index (χ2v) is 4.04. The summed E-state index contributed by atoms with van der Waals surface area (Å²) in [6.07, 6.45) is 0.911. The summed E-state index contributed by atoms with van der Waals surface area (Å²) < 4.78 is 5.24. The first-order valence-electron chi connectivity index (χ1n) is 5.35. The van der Waals surface area contributed by atoms with E-state index in [2.05, 4.69) is 30.3 Å². The Labute approximate surface area is 94.7 Å². The monoisotopic (exact) mass is 211 g/mol. The van der Waals surface area contributed by atoms with Gasteiger partial charge in [0.1, 0.15) is 5.75 Å². The minimum atomic E-state index is 0.770. The molecule has 2 aromatic rings. The molecule has 0 fully saturated rings. The lowest BCUT2D eigenvalue weighted by Crippen LogP contribution is -1.97. The highest BCUT2D eigenvalue weighted by Gasteiger charge is 2.21. The molecule has 0 saturated heterocycles. The first-order chi connectivity index (χ1) is 7.81. The molecule has 0 saturated carbocycles. The first kappa shape index (κ1) is 9.28. The maximum Gasteiger partial charge on any atom is 0.142 e. The number of rotatable bonds is 1. The van der Waals surface area contributed by atoms with Gasteiger partial charge in [-0.2, -0.15) is 0 Å². The summed E-state index contributed by atoms with van der Waals surface area (Å²) in [4.78, 5) is 0. The molecule has 2 nitrogen and oxygen atoms in total. The first-order valence-corrected chi connectivity index (χ1v) is 5.35. The highest BCUT2D eigenvalue weighted by atomic mass is 16.5. The van der Waals surface area contributed by atoms with E-state index in [0.717, 1.165) is 17.9 Å². The number of nitrogens with two attached hydrogens (primary N) is 1. The van der Waals surface area contributed by atoms with E-state index in [1.165, 1.54) is 22.3 Å². The second-order valence-electron chi connectivity index (χ2n) is 4.04. The molecule has 0 amide bonds. The van der Waals surface area contributed by atoms with Crippen molar-refractivity contribution in [2.45, 2.75) is 6.42 Å². The van der Waals surface area contributed by atoms with Crippen molar-refractivity contribution in [3.05, 3.63) is 47.5 Å². The van der Waals surface area contributed by atoms with Crippen LogP contribution < -0.4 is 10.5 Å². The van der Waals surface area contributed by atoms with Gasteiger partial charge in [0, 0.05) is 6.42 Å². The Morgan fingerprint density at radius 2 is 1.88 bits per heavy atom. The summed E-state index contributed by atoms with van der Waals surface area (Å²) in [6, 6.07) is 12.5. The molecule has 1 aliphatic rings. The lowest BCUT2D eigenvalue weighted by molar-refractivity contribution is 0.417. The van der Waals surface area contributed by atoms with Gasteiger partial charge in [0.25, 0.3) is 0 Å². The summed E-state index contributed by atoms with van der Waals surface area (Å²) in [7, 11) is 1.65. The largest absolute Gasteiger partial charge is 0.495 e. The van der Waals surface area contributed by atoms with Crippen molar-refractivity contribution in [3.63, 3.8) is 0 Å². The molecule has 16 heavy (non-hydrogen) atoms. The van der Waals surface area contributed by atoms with Crippen LogP contribution in [0.1, 0.15) is 11.1 Å². The van der Waals surface area contributed by atoms with Gasteiger partial charge in [-0.05, 0) is 28.3 Å². The van der Waals surface area contributed by atoms with E-state index in [9.17, 15) is 0 Å². The van der Waals surface area contributed by atoms with Crippen LogP contribution in [0.25, 0.3) is 11.1 Å². The molecule has 80 valence electrons. The third-order valence-electron chi connectivity index (χ3n) is 3.21. The second kappa shape index (κ2) is 3.27. The summed E-state index contributed by atoms with van der Waals surface area (Å²) in [6.45, 7) is 0. The Hall–Kier alpha value is -1.96. The van der Waals surface area contributed by atoms with E-state index < -0.39 is 0 Å². The maximum atomic E-state index is 6.10. The molecular weight excluding hydrogens is 198 g/mol. The molecule has 2 N–H and O–H groups in total. The number of methoxy groups -OCH3 is 1. The normalized spacial score (nSPS) is 12.1. The van der Waals surface area contributed by atoms with Crippen molar-refractivity contribution in [2.24, 2.45) is 0 Å². The Balaban J connectivity index is 2.24. The quantitative estimate of drug-likeness (QED) is 0.628. The van der Waals surface area contributed by atoms with E-state index >= 15 is 0 Å². The summed E-state index contributed by atoms with van der Waals surface area (Å²) >= 11 is 0. The van der Waals surface area contributed by atoms with Gasteiger partial charge in [-0.15, -0.1) is 0 Å². The van der Waals surface area contributed by atoms with Crippen LogP contribution in [0.15, 0.2) is 36.4 Å². The molecule has 0 bridgehead atoms. The smallest absolute Gasteiger partial charge is 0.142 e. The SMILES string of the molecule is COc1ccc2c(c1N)Cc1ccccc1-2. The highest BCUT2D eigenvalue weighted by molar-refractivity contribution is 5.83. The number of anilines is 1. The van der Waals surface area contributed by atoms with Crippen LogP contribution in [-0.4, -0.2) is 7.11 Å². The Kier molecular flexibility index (Phi) is 1.90. The third-order valence-corrected chi connectivity index (χ3v) is 3.21. The van der Waals surface area contributed by atoms with Crippen molar-refractivity contribution in [1.29, 1.82) is 0 Å². The summed E-state index contributed by atoms with van der Waals surface area (Å²) in [5.41, 5.74) is 12.0. The molecule has 0 heterocycles. The fourth-order valence-corrected chi connectivity index (χ4v) is 2.39. The lowest BCUT2D eigenvalue weighted by Gasteiger charge is -2.09. The molecule has 0 aromatic heterocycles. The molecule has 3 rings (SSSR count). The van der Waals surface area contributed by atoms with Crippen molar-refractivity contribution in [1.82, 2.24) is 0 Å². The summed E-state index contributed by atoms with van der Waals surface area (Å²) in [5, 5.41) is 0. The molecule has 2 heteroatoms. The van der Waals surface area contributed by atoms with Gasteiger partial charge in [-0.1, -0.05) is 30.3 Å². The van der Waals surface area contributed by atoms with Crippen LogP contribution in [0.2, 0.25) is 0 Å². The van der Waals surface area contributed by atoms with Crippen molar-refractivity contribution < 1.29 is 4.74 Å². The molecular formula is C14H13NO. The number of benzene rings is 2. The van der Waals surface area contributed by atoms with Gasteiger partial charge in [0.2, 0.25) is 0 Å². The zero-order valence-electron chi connectivity index (χ0n) is 9.16. The van der Waals surface area contributed by atoms with E-state index in [-0.39, 0.29) is 0 Å². The van der Waals surface area contributed by atoms with Gasteiger partial charge in [-0.3, -0.25) is 0 Å². The Bertz CT molecular complexity index is 561. The molecule has 0 aliphatic heterocycles. The fraction of sp³-hybridized carbons (Fsp3) is 0.143. The van der Waals surface area contributed by atoms with Crippen LogP contribution in [0.3, 0.4) is 0 Å². The predicted molar refractivity (Wildman–Crippen MR) is 65.6 cm³/mol. The number of fused-ring (bicyclic) bond motifs is 3. The topological polar surface area (TPSA) is 35.2 Å². The van der Waals surface area contributed by atoms with Crippen LogP contribution in [0.4, 0.5) is 5.69 Å². The van der Waals surface area contributed by atoms with Crippen molar-refractivity contribution in [2.75, 3.05) is 12.8 Å². The lowest BCUT2D eigenvalue weighted by atomic mass is 10.0. The molecule has 0 unspecified atom stereocenters. The average molecular weight is 211 g/mol. The minimum absolute atomic E-state index is 0.770. The van der Waals surface area contributed by atoms with E-state index in [4.69, 9.17) is 10.5 Å². The highest BCUT2D eigenvalue weighted by Crippen LogP contribution is 2.42. The van der Waals surface area contributed by atoms with Crippen LogP contribution in [0.5, 0.6) is 5.75 Å². The van der Waals surface area contributed by atoms with E-state index in [1.807, 2.05) is 6.07 Å². The number of nitrogen functional groups attached to an aromatic ring is 1. The van der Waals surface area contributed by atoms with Crippen molar-refractivity contribution >= 4 is 5.69 Å². The van der Waals surface area contributed by atoms with Crippen LogP contribution in [0, 0.1) is 0 Å². The summed E-state index contributed by atoms with van der Waals surface area (Å²) in [5.74, 6) is 0.770. The Morgan fingerprint density at radius 3 is 2.69 bits per heavy atom. The number of hydrogen-bond acceptors (Lipinski definition) is 2. The number of ether oxygens (including phenoxy) is 1. The fourth-order valence-electron chi connectivity index (χ4n) is 2.39. The zero-order chi connectivity index (χ0) is 11.1. The van der Waals surface area contributed by atoms with Crippen molar-refractivity contribution in [3.8, 4) is 16.9 Å². The molecule has 0 atom stereocenters. The number of hydrogen-bond donors (Lipinski definition) is 1. The zero-order valence-corrected chi connectivity index (χ0v) is 9.16. The standard InChI is InChI=1S/C14H13NO/c1-16-13-7-6-11-10-5-3-2-4-9(10)8-12(11)14(13)15/h2-7H,8,15H2,1H3. The Morgan fingerprint density at radius 1 is 1.06 bits per heavy atom. The molecule has 0 radical (unpaired) electrons. The molecule has 0 spiro atoms. The molecule has 2 aromatic carbocycles. The average Bonchev–Trinajstić information content (AvgIpc) is 2.69. The van der Waals surface area contributed by atoms with E-state index in [0.29, 0.717) is 0 Å². The van der Waals surface area contributed by atoms with Gasteiger partial charge in [-0.25, -0.2) is 0 Å². The van der Waals surface area contributed by atoms with Gasteiger partial charge < -0.3 is 10.5 Å².